The first-order chi connectivity index (χ1) is 5.55. The third-order valence-electron chi connectivity index (χ3n) is 1.99. The molecule has 0 unspecified atom stereocenters. The van der Waals surface area contributed by atoms with E-state index in [9.17, 15) is 9.59 Å². The first kappa shape index (κ1) is 20.5. The molecule has 0 fully saturated rings. The summed E-state index contributed by atoms with van der Waals surface area (Å²) < 4.78 is 0. The van der Waals surface area contributed by atoms with E-state index < -0.39 is 10.8 Å². The molecule has 0 saturated heterocycles. The fraction of sp³-hybridized carbons (Fsp3) is 0.818. The molecule has 0 aromatic rings. The van der Waals surface area contributed by atoms with Crippen LogP contribution < -0.4 is 12.4 Å². The van der Waals surface area contributed by atoms with Crippen molar-refractivity contribution in [1.82, 2.24) is 0 Å². The van der Waals surface area contributed by atoms with Crippen LogP contribution in [0, 0.1) is 10.8 Å². The minimum Gasteiger partial charge on any atom is -1.00 e. The molecular formula is C11H20ClCuO2. The quantitative estimate of drug-likeness (QED) is 0.511. The van der Waals surface area contributed by atoms with Gasteiger partial charge in [0.15, 0.2) is 0 Å². The van der Waals surface area contributed by atoms with Gasteiger partial charge < -0.3 is 12.4 Å². The Kier molecular flexibility index (Phi) is 9.14. The van der Waals surface area contributed by atoms with E-state index in [-0.39, 0.29) is 47.5 Å². The molecule has 2 nitrogen and oxygen atoms in total. The molecule has 0 heterocycles. The van der Waals surface area contributed by atoms with Crippen molar-refractivity contribution in [1.29, 1.82) is 0 Å². The number of carbonyl (C=O) groups excluding carboxylic acids is 2. The molecule has 0 rings (SSSR count). The number of Topliss-reactive ketones (excluding diaryl/α,β-unsaturated/α-hetero) is 2. The Morgan fingerprint density at radius 2 is 1.00 bits per heavy atom. The summed E-state index contributed by atoms with van der Waals surface area (Å²) in [6.45, 7) is 11.0. The maximum Gasteiger partial charge on any atom is 1.00 e. The average molecular weight is 283 g/mol. The topological polar surface area (TPSA) is 34.1 Å². The average Bonchev–Trinajstić information content (AvgIpc) is 1.82. The van der Waals surface area contributed by atoms with Crippen molar-refractivity contribution in [2.24, 2.45) is 10.8 Å². The monoisotopic (exact) mass is 282 g/mol. The molecule has 0 radical (unpaired) electrons. The van der Waals surface area contributed by atoms with E-state index in [1.54, 1.807) is 0 Å². The third-order valence-corrected chi connectivity index (χ3v) is 1.99. The van der Waals surface area contributed by atoms with Crippen LogP contribution in [0.5, 0.6) is 0 Å². The molecule has 4 heteroatoms. The summed E-state index contributed by atoms with van der Waals surface area (Å²) in [5.41, 5.74) is -0.804. The Morgan fingerprint density at radius 1 is 0.800 bits per heavy atom. The van der Waals surface area contributed by atoms with Crippen LogP contribution in [0.25, 0.3) is 0 Å². The molecule has 0 bridgehead atoms. The fourth-order valence-corrected chi connectivity index (χ4v) is 0.676. The predicted octanol–water partition coefficient (Wildman–Crippen LogP) is -0.392. The molecule has 0 aromatic heterocycles. The Bertz CT molecular complexity index is 200. The first-order valence-electron chi connectivity index (χ1n) is 4.62. The Morgan fingerprint density at radius 3 is 1.13 bits per heavy atom. The van der Waals surface area contributed by atoms with Crippen LogP contribution in [0.4, 0.5) is 0 Å². The van der Waals surface area contributed by atoms with Gasteiger partial charge in [-0.25, -0.2) is 0 Å². The molecule has 0 N–H and O–H groups in total. The molecule has 0 saturated carbocycles. The van der Waals surface area contributed by atoms with Gasteiger partial charge in [-0.1, -0.05) is 41.5 Å². The molecule has 94 valence electrons. The third kappa shape index (κ3) is 8.01. The number of hydrogen-bond donors (Lipinski definition) is 0. The van der Waals surface area contributed by atoms with Crippen molar-refractivity contribution in [3.63, 3.8) is 0 Å². The van der Waals surface area contributed by atoms with Gasteiger partial charge >= 0.3 is 17.1 Å². The van der Waals surface area contributed by atoms with Crippen molar-refractivity contribution in [3.8, 4) is 0 Å². The Hall–Kier alpha value is 0.149. The molecule has 0 amide bonds. The zero-order valence-corrected chi connectivity index (χ0v) is 11.9. The van der Waals surface area contributed by atoms with Gasteiger partial charge in [0.25, 0.3) is 0 Å². The van der Waals surface area contributed by atoms with Crippen LogP contribution in [0.2, 0.25) is 0 Å². The Labute approximate surface area is 109 Å². The zero-order valence-electron chi connectivity index (χ0n) is 10.2. The van der Waals surface area contributed by atoms with E-state index in [0.29, 0.717) is 0 Å². The summed E-state index contributed by atoms with van der Waals surface area (Å²) in [6.07, 6.45) is 0.0625. The number of hydrogen-bond acceptors (Lipinski definition) is 2. The smallest absolute Gasteiger partial charge is 1.00 e. The van der Waals surface area contributed by atoms with Gasteiger partial charge in [0.2, 0.25) is 0 Å². The normalized spacial score (nSPS) is 11.1. The van der Waals surface area contributed by atoms with E-state index in [1.165, 1.54) is 0 Å². The van der Waals surface area contributed by atoms with Gasteiger partial charge in [0.05, 0.1) is 6.42 Å². The van der Waals surface area contributed by atoms with E-state index in [4.69, 9.17) is 0 Å². The molecule has 0 aliphatic carbocycles. The van der Waals surface area contributed by atoms with E-state index >= 15 is 0 Å². The molecule has 0 spiro atoms. The van der Waals surface area contributed by atoms with Gasteiger partial charge in [-0.15, -0.1) is 0 Å². The van der Waals surface area contributed by atoms with Gasteiger partial charge in [0, 0.05) is 10.8 Å². The van der Waals surface area contributed by atoms with Gasteiger partial charge in [-0.2, -0.15) is 0 Å². The van der Waals surface area contributed by atoms with Crippen molar-refractivity contribution in [2.75, 3.05) is 0 Å². The second-order valence-corrected chi connectivity index (χ2v) is 5.52. The number of ketones is 2. The van der Waals surface area contributed by atoms with E-state index in [0.717, 1.165) is 0 Å². The van der Waals surface area contributed by atoms with Crippen molar-refractivity contribution >= 4 is 11.6 Å². The van der Waals surface area contributed by atoms with Crippen LogP contribution in [0.1, 0.15) is 48.0 Å². The number of rotatable bonds is 2. The molecular weight excluding hydrogens is 263 g/mol. The maximum atomic E-state index is 11.5. The molecule has 0 aliphatic heterocycles. The largest absolute Gasteiger partial charge is 1.00 e. The SMILES string of the molecule is CC(C)(C)C(=O)CC(=O)C(C)(C)C.[Cl-].[Cu+]. The summed E-state index contributed by atoms with van der Waals surface area (Å²) in [5, 5.41) is 0. The fourth-order valence-electron chi connectivity index (χ4n) is 0.676. The van der Waals surface area contributed by atoms with E-state index in [1.807, 2.05) is 41.5 Å². The summed E-state index contributed by atoms with van der Waals surface area (Å²) in [5.74, 6) is 0.0415. The van der Waals surface area contributed by atoms with Gasteiger partial charge in [-0.3, -0.25) is 9.59 Å². The maximum absolute atomic E-state index is 11.5. The van der Waals surface area contributed by atoms with Crippen LogP contribution in [-0.2, 0) is 26.7 Å². The van der Waals surface area contributed by atoms with Gasteiger partial charge in [-0.05, 0) is 0 Å². The first-order valence-corrected chi connectivity index (χ1v) is 4.62. The standard InChI is InChI=1S/C11H20O2.ClH.Cu/c1-10(2,3)8(12)7-9(13)11(4,5)6;;/h7H2,1-6H3;1H;/q;;+1/p-1. The van der Waals surface area contributed by atoms with E-state index in [2.05, 4.69) is 0 Å². The second-order valence-electron chi connectivity index (χ2n) is 5.52. The minimum absolute atomic E-state index is 0. The van der Waals surface area contributed by atoms with Gasteiger partial charge in [0.1, 0.15) is 11.6 Å². The van der Waals surface area contributed by atoms with Crippen molar-refractivity contribution in [3.05, 3.63) is 0 Å². The minimum atomic E-state index is -0.402. The van der Waals surface area contributed by atoms with Crippen LogP contribution >= 0.6 is 0 Å². The predicted molar refractivity (Wildman–Crippen MR) is 53.5 cm³/mol. The van der Waals surface area contributed by atoms with Crippen molar-refractivity contribution < 1.29 is 39.1 Å². The Balaban J connectivity index is -0.000000720. The summed E-state index contributed by atoms with van der Waals surface area (Å²) >= 11 is 0. The molecule has 0 aliphatic rings. The molecule has 15 heavy (non-hydrogen) atoms. The molecule has 0 atom stereocenters. The summed E-state index contributed by atoms with van der Waals surface area (Å²) in [6, 6.07) is 0. The van der Waals surface area contributed by atoms with Crippen LogP contribution in [0.3, 0.4) is 0 Å². The number of carbonyl (C=O) groups is 2. The zero-order chi connectivity index (χ0) is 10.9. The summed E-state index contributed by atoms with van der Waals surface area (Å²) in [7, 11) is 0. The van der Waals surface area contributed by atoms with Crippen molar-refractivity contribution in [2.45, 2.75) is 48.0 Å². The summed E-state index contributed by atoms with van der Waals surface area (Å²) in [4.78, 5) is 23.0. The second kappa shape index (κ2) is 6.67. The van der Waals surface area contributed by atoms with Crippen LogP contribution in [0.15, 0.2) is 0 Å². The molecule has 0 aromatic carbocycles. The number of halogens is 1. The van der Waals surface area contributed by atoms with Crippen LogP contribution in [-0.4, -0.2) is 11.6 Å².